The summed E-state index contributed by atoms with van der Waals surface area (Å²) in [6.45, 7) is -0.0914. The van der Waals surface area contributed by atoms with Crippen molar-refractivity contribution >= 4 is 10.0 Å². The van der Waals surface area contributed by atoms with E-state index in [1.807, 2.05) is 12.1 Å². The highest BCUT2D eigenvalue weighted by Crippen LogP contribution is 2.37. The summed E-state index contributed by atoms with van der Waals surface area (Å²) in [6, 6.07) is 11.7. The third-order valence-corrected chi connectivity index (χ3v) is 6.16. The minimum Gasteiger partial charge on any atom is -0.497 e. The number of hydrogen-bond donors (Lipinski definition) is 2. The average molecular weight is 377 g/mol. The molecular formula is C19H23NO5S. The lowest BCUT2D eigenvalue weighted by atomic mass is 9.79. The normalized spacial score (nSPS) is 19.7. The number of methoxy groups -OCH3 is 2. The second-order valence-corrected chi connectivity index (χ2v) is 8.18. The molecule has 0 spiro atoms. The van der Waals surface area contributed by atoms with Crippen LogP contribution in [0.1, 0.15) is 24.0 Å². The molecule has 0 fully saturated rings. The van der Waals surface area contributed by atoms with Gasteiger partial charge in [0.05, 0.1) is 19.1 Å². The molecule has 0 saturated carbocycles. The van der Waals surface area contributed by atoms with E-state index >= 15 is 0 Å². The van der Waals surface area contributed by atoms with Gasteiger partial charge in [-0.15, -0.1) is 0 Å². The number of rotatable bonds is 6. The quantitative estimate of drug-likeness (QED) is 0.806. The first-order chi connectivity index (χ1) is 12.4. The molecule has 1 unspecified atom stereocenters. The standard InChI is InChI=1S/C19H23NO5S/c1-24-15-6-3-7-17(12-15)26(22,23)20-13-19(21)10-4-5-14-11-16(25-2)8-9-18(14)19/h3,6-9,11-12,20-21H,4-5,10,13H2,1-2H3. The van der Waals surface area contributed by atoms with Gasteiger partial charge in [-0.25, -0.2) is 13.1 Å². The monoisotopic (exact) mass is 377 g/mol. The highest BCUT2D eigenvalue weighted by Gasteiger charge is 2.35. The second-order valence-electron chi connectivity index (χ2n) is 6.41. The van der Waals surface area contributed by atoms with Crippen LogP contribution in [0.4, 0.5) is 0 Å². The SMILES string of the molecule is COc1cccc(S(=O)(=O)NCC2(O)CCCc3cc(OC)ccc32)c1. The van der Waals surface area contributed by atoms with Crippen LogP contribution in [0.5, 0.6) is 11.5 Å². The molecule has 0 aromatic heterocycles. The van der Waals surface area contributed by atoms with Crippen molar-refractivity contribution in [3.05, 3.63) is 53.6 Å². The van der Waals surface area contributed by atoms with Crippen LogP contribution in [0.2, 0.25) is 0 Å². The molecule has 1 aliphatic rings. The van der Waals surface area contributed by atoms with Crippen LogP contribution in [0.15, 0.2) is 47.4 Å². The van der Waals surface area contributed by atoms with Crippen molar-refractivity contribution in [2.45, 2.75) is 29.8 Å². The predicted molar refractivity (Wildman–Crippen MR) is 98.0 cm³/mol. The van der Waals surface area contributed by atoms with Crippen LogP contribution < -0.4 is 14.2 Å². The Hall–Kier alpha value is -2.09. The molecule has 0 aliphatic heterocycles. The Morgan fingerprint density at radius 1 is 1.12 bits per heavy atom. The first kappa shape index (κ1) is 18.7. The average Bonchev–Trinajstić information content (AvgIpc) is 2.66. The van der Waals surface area contributed by atoms with Crippen molar-refractivity contribution < 1.29 is 23.0 Å². The Kier molecular flexibility index (Phi) is 5.22. The summed E-state index contributed by atoms with van der Waals surface area (Å²) < 4.78 is 38.1. The van der Waals surface area contributed by atoms with Gasteiger partial charge < -0.3 is 14.6 Å². The highest BCUT2D eigenvalue weighted by molar-refractivity contribution is 7.89. The molecule has 7 heteroatoms. The zero-order valence-corrected chi connectivity index (χ0v) is 15.7. The van der Waals surface area contributed by atoms with Crippen LogP contribution in [-0.2, 0) is 22.0 Å². The number of aliphatic hydroxyl groups is 1. The Morgan fingerprint density at radius 2 is 1.85 bits per heavy atom. The van der Waals surface area contributed by atoms with E-state index in [-0.39, 0.29) is 11.4 Å². The maximum Gasteiger partial charge on any atom is 0.240 e. The molecule has 0 amide bonds. The van der Waals surface area contributed by atoms with Crippen molar-refractivity contribution in [3.8, 4) is 11.5 Å². The van der Waals surface area contributed by atoms with Gasteiger partial charge in [-0.3, -0.25) is 0 Å². The smallest absolute Gasteiger partial charge is 0.240 e. The summed E-state index contributed by atoms with van der Waals surface area (Å²) >= 11 is 0. The third kappa shape index (κ3) is 3.70. The maximum absolute atomic E-state index is 12.6. The summed E-state index contributed by atoms with van der Waals surface area (Å²) in [5.41, 5.74) is 0.489. The van der Waals surface area contributed by atoms with Gasteiger partial charge in [-0.1, -0.05) is 12.1 Å². The molecule has 1 aliphatic carbocycles. The first-order valence-corrected chi connectivity index (χ1v) is 9.90. The van der Waals surface area contributed by atoms with Gasteiger partial charge in [0.1, 0.15) is 17.1 Å². The zero-order valence-electron chi connectivity index (χ0n) is 14.9. The highest BCUT2D eigenvalue weighted by atomic mass is 32.2. The minimum absolute atomic E-state index is 0.0914. The van der Waals surface area contributed by atoms with Gasteiger partial charge in [0.15, 0.2) is 0 Å². The first-order valence-electron chi connectivity index (χ1n) is 8.41. The molecule has 2 aromatic rings. The molecule has 2 aromatic carbocycles. The van der Waals surface area contributed by atoms with Crippen molar-refractivity contribution in [2.24, 2.45) is 0 Å². The molecule has 3 rings (SSSR count). The van der Waals surface area contributed by atoms with Gasteiger partial charge in [0.25, 0.3) is 0 Å². The van der Waals surface area contributed by atoms with Crippen LogP contribution in [0, 0.1) is 0 Å². The third-order valence-electron chi connectivity index (χ3n) is 4.76. The van der Waals surface area contributed by atoms with Gasteiger partial charge in [-0.2, -0.15) is 0 Å². The van der Waals surface area contributed by atoms with Crippen molar-refractivity contribution in [3.63, 3.8) is 0 Å². The van der Waals surface area contributed by atoms with Crippen molar-refractivity contribution in [1.82, 2.24) is 4.72 Å². The largest absolute Gasteiger partial charge is 0.497 e. The molecule has 140 valence electrons. The molecule has 2 N–H and O–H groups in total. The zero-order chi connectivity index (χ0) is 18.8. The lowest BCUT2D eigenvalue weighted by molar-refractivity contribution is 0.0242. The fourth-order valence-corrected chi connectivity index (χ4v) is 4.44. The van der Waals surface area contributed by atoms with Crippen molar-refractivity contribution in [1.29, 1.82) is 0 Å². The number of sulfonamides is 1. The van der Waals surface area contributed by atoms with E-state index in [0.29, 0.717) is 12.2 Å². The summed E-state index contributed by atoms with van der Waals surface area (Å²) in [7, 11) is -0.683. The van der Waals surface area contributed by atoms with Gasteiger partial charge >= 0.3 is 0 Å². The summed E-state index contributed by atoms with van der Waals surface area (Å²) in [4.78, 5) is 0.103. The molecule has 26 heavy (non-hydrogen) atoms. The van der Waals surface area contributed by atoms with Gasteiger partial charge in [0, 0.05) is 12.6 Å². The van der Waals surface area contributed by atoms with E-state index in [0.717, 1.165) is 29.7 Å². The summed E-state index contributed by atoms with van der Waals surface area (Å²) in [5, 5.41) is 11.1. The summed E-state index contributed by atoms with van der Waals surface area (Å²) in [5.74, 6) is 1.19. The summed E-state index contributed by atoms with van der Waals surface area (Å²) in [6.07, 6.45) is 2.10. The van der Waals surface area contributed by atoms with E-state index in [1.54, 1.807) is 25.3 Å². The van der Waals surface area contributed by atoms with Gasteiger partial charge in [0.2, 0.25) is 10.0 Å². The molecule has 0 heterocycles. The molecule has 1 atom stereocenters. The molecule has 0 bridgehead atoms. The van der Waals surface area contributed by atoms with E-state index in [9.17, 15) is 13.5 Å². The number of benzene rings is 2. The topological polar surface area (TPSA) is 84.9 Å². The Labute approximate surface area is 153 Å². The fourth-order valence-electron chi connectivity index (χ4n) is 3.31. The maximum atomic E-state index is 12.6. The van der Waals surface area contributed by atoms with E-state index < -0.39 is 15.6 Å². The number of aryl methyl sites for hydroxylation is 1. The molecule has 0 radical (unpaired) electrons. The van der Waals surface area contributed by atoms with Crippen LogP contribution in [0.3, 0.4) is 0 Å². The van der Waals surface area contributed by atoms with E-state index in [1.165, 1.54) is 19.2 Å². The molecule has 0 saturated heterocycles. The lowest BCUT2D eigenvalue weighted by Gasteiger charge is -2.34. The fraction of sp³-hybridized carbons (Fsp3) is 0.368. The van der Waals surface area contributed by atoms with Crippen molar-refractivity contribution in [2.75, 3.05) is 20.8 Å². The van der Waals surface area contributed by atoms with Crippen LogP contribution in [-0.4, -0.2) is 34.3 Å². The predicted octanol–water partition coefficient (Wildman–Crippen LogP) is 2.21. The van der Waals surface area contributed by atoms with E-state index in [2.05, 4.69) is 4.72 Å². The lowest BCUT2D eigenvalue weighted by Crippen LogP contribution is -2.42. The minimum atomic E-state index is -3.76. The Bertz CT molecular complexity index is 897. The number of hydrogen-bond acceptors (Lipinski definition) is 5. The molecular weight excluding hydrogens is 354 g/mol. The second kappa shape index (κ2) is 7.26. The number of fused-ring (bicyclic) bond motifs is 1. The Balaban J connectivity index is 1.83. The van der Waals surface area contributed by atoms with Crippen LogP contribution in [0.25, 0.3) is 0 Å². The molecule has 6 nitrogen and oxygen atoms in total. The number of nitrogens with one attached hydrogen (secondary N) is 1. The van der Waals surface area contributed by atoms with Gasteiger partial charge in [-0.05, 0) is 54.7 Å². The van der Waals surface area contributed by atoms with Crippen LogP contribution >= 0.6 is 0 Å². The Morgan fingerprint density at radius 3 is 2.58 bits per heavy atom. The van der Waals surface area contributed by atoms with E-state index in [4.69, 9.17) is 9.47 Å². The number of ether oxygens (including phenoxy) is 2.